The van der Waals surface area contributed by atoms with Crippen LogP contribution in [0.1, 0.15) is 19.3 Å². The minimum absolute atomic E-state index is 0.0806. The Morgan fingerprint density at radius 1 is 0.970 bits per heavy atom. The number of alkyl halides is 2. The largest absolute Gasteiger partial charge is 0.432 e. The van der Waals surface area contributed by atoms with Gasteiger partial charge in [-0.15, -0.1) is 0 Å². The Hall–Kier alpha value is -4.09. The summed E-state index contributed by atoms with van der Waals surface area (Å²) in [5.41, 5.74) is 0.786. The smallest absolute Gasteiger partial charge is 0.387 e. The van der Waals surface area contributed by atoms with E-state index in [1.54, 1.807) is 35.4 Å². The van der Waals surface area contributed by atoms with Crippen LogP contribution in [-0.2, 0) is 0 Å². The molecule has 10 nitrogen and oxygen atoms in total. The maximum atomic E-state index is 12.6. The maximum Gasteiger partial charge on any atom is 0.387 e. The summed E-state index contributed by atoms with van der Waals surface area (Å²) >= 11 is 0. The van der Waals surface area contributed by atoms with Crippen LogP contribution in [0.15, 0.2) is 60.3 Å². The second-order valence-electron chi connectivity index (χ2n) is 7.65. The normalized spacial score (nSPS) is 18.0. The zero-order chi connectivity index (χ0) is 22.8. The molecule has 0 aliphatic heterocycles. The first-order chi connectivity index (χ1) is 16.0. The van der Waals surface area contributed by atoms with Crippen LogP contribution < -0.4 is 20.9 Å². The van der Waals surface area contributed by atoms with Crippen molar-refractivity contribution in [3.63, 3.8) is 0 Å². The van der Waals surface area contributed by atoms with E-state index in [1.807, 2.05) is 12.1 Å². The number of anilines is 2. The van der Waals surface area contributed by atoms with Crippen molar-refractivity contribution in [2.45, 2.75) is 38.0 Å². The zero-order valence-electron chi connectivity index (χ0n) is 17.3. The molecule has 0 bridgehead atoms. The Balaban J connectivity index is 1.18. The van der Waals surface area contributed by atoms with E-state index in [4.69, 9.17) is 0 Å². The first-order valence-electron chi connectivity index (χ1n) is 10.4. The number of halogens is 2. The molecule has 5 rings (SSSR count). The molecule has 4 heterocycles. The number of pyridine rings is 1. The first-order valence-corrected chi connectivity index (χ1v) is 10.4. The number of ether oxygens (including phenoxy) is 1. The van der Waals surface area contributed by atoms with Crippen LogP contribution in [-0.4, -0.2) is 47.6 Å². The molecule has 0 amide bonds. The van der Waals surface area contributed by atoms with Gasteiger partial charge >= 0.3 is 6.61 Å². The fraction of sp³-hybridized carbons (Fsp3) is 0.286. The quantitative estimate of drug-likeness (QED) is 0.439. The van der Waals surface area contributed by atoms with Crippen LogP contribution in [0.25, 0.3) is 11.3 Å². The lowest BCUT2D eigenvalue weighted by molar-refractivity contribution is -0.0503. The fourth-order valence-corrected chi connectivity index (χ4v) is 3.92. The molecule has 33 heavy (non-hydrogen) atoms. The van der Waals surface area contributed by atoms with Gasteiger partial charge in [-0.25, -0.2) is 19.9 Å². The number of imidazole rings is 1. The molecule has 0 spiro atoms. The maximum absolute atomic E-state index is 12.6. The lowest BCUT2D eigenvalue weighted by atomic mass is 10.2. The van der Waals surface area contributed by atoms with Crippen molar-refractivity contribution in [2.75, 3.05) is 10.6 Å². The molecular formula is C21H20F2N8O2. The fourth-order valence-electron chi connectivity index (χ4n) is 3.92. The molecule has 0 radical (unpaired) electrons. The molecule has 1 aliphatic rings. The van der Waals surface area contributed by atoms with E-state index in [0.717, 1.165) is 19.3 Å². The highest BCUT2D eigenvalue weighted by Crippen LogP contribution is 2.25. The third-order valence-corrected chi connectivity index (χ3v) is 5.45. The Labute approximate surface area is 186 Å². The van der Waals surface area contributed by atoms with Gasteiger partial charge in [-0.05, 0) is 31.4 Å². The predicted molar refractivity (Wildman–Crippen MR) is 116 cm³/mol. The van der Waals surface area contributed by atoms with Gasteiger partial charge in [0, 0.05) is 36.9 Å². The standard InChI is InChI=1S/C21H20F2N8O2/c22-20(23)33-16-11-26-21(27-12-16)29-14-2-1-13(9-14)28-17-4-3-15(10-25-17)31-8-7-30-6-5-24-18(30)19(31)32/h3-8,10-14,20H,1-2,9H2,(H,25,28)(H,26,27,29)/t13-,14-/m0/s1. The van der Waals surface area contributed by atoms with Crippen LogP contribution in [0.3, 0.4) is 0 Å². The van der Waals surface area contributed by atoms with E-state index < -0.39 is 6.61 Å². The zero-order valence-corrected chi connectivity index (χ0v) is 17.3. The summed E-state index contributed by atoms with van der Waals surface area (Å²) in [7, 11) is 0. The van der Waals surface area contributed by atoms with Crippen LogP contribution in [0, 0.1) is 0 Å². The van der Waals surface area contributed by atoms with Gasteiger partial charge in [0.2, 0.25) is 11.6 Å². The molecule has 2 N–H and O–H groups in total. The van der Waals surface area contributed by atoms with Crippen molar-refractivity contribution >= 4 is 17.4 Å². The number of nitrogens with zero attached hydrogens (tertiary/aromatic N) is 6. The SMILES string of the molecule is O=c1c2nccn2ccn1-c1ccc(N[C@H]2CC[C@H](Nc3ncc(OC(F)F)cn3)C2)nc1. The van der Waals surface area contributed by atoms with Gasteiger partial charge in [-0.1, -0.05) is 0 Å². The Bertz CT molecular complexity index is 1290. The third-order valence-electron chi connectivity index (χ3n) is 5.45. The molecule has 1 fully saturated rings. The summed E-state index contributed by atoms with van der Waals surface area (Å²) in [6.07, 6.45) is 13.5. The minimum Gasteiger partial charge on any atom is -0.432 e. The van der Waals surface area contributed by atoms with Gasteiger partial charge in [0.1, 0.15) is 5.82 Å². The van der Waals surface area contributed by atoms with Crippen LogP contribution in [0.4, 0.5) is 20.5 Å². The van der Waals surface area contributed by atoms with Crippen molar-refractivity contribution in [1.29, 1.82) is 0 Å². The summed E-state index contributed by atoms with van der Waals surface area (Å²) in [6, 6.07) is 4.01. The summed E-state index contributed by atoms with van der Waals surface area (Å²) in [5, 5.41) is 6.62. The Morgan fingerprint density at radius 3 is 2.48 bits per heavy atom. The molecule has 0 unspecified atom stereocenters. The van der Waals surface area contributed by atoms with Gasteiger partial charge in [-0.2, -0.15) is 8.78 Å². The minimum atomic E-state index is -2.90. The second kappa shape index (κ2) is 8.81. The first kappa shape index (κ1) is 20.8. The summed E-state index contributed by atoms with van der Waals surface area (Å²) in [4.78, 5) is 29.2. The molecule has 0 aromatic carbocycles. The summed E-state index contributed by atoms with van der Waals surface area (Å²) in [5.74, 6) is 0.997. The van der Waals surface area contributed by atoms with E-state index in [2.05, 4.69) is 35.3 Å². The highest BCUT2D eigenvalue weighted by atomic mass is 19.3. The molecule has 0 saturated heterocycles. The Morgan fingerprint density at radius 2 is 1.76 bits per heavy atom. The average Bonchev–Trinajstić information content (AvgIpc) is 3.46. The number of rotatable bonds is 7. The highest BCUT2D eigenvalue weighted by molar-refractivity contribution is 5.44. The van der Waals surface area contributed by atoms with Crippen molar-refractivity contribution in [2.24, 2.45) is 0 Å². The second-order valence-corrected chi connectivity index (χ2v) is 7.65. The van der Waals surface area contributed by atoms with Crippen LogP contribution >= 0.6 is 0 Å². The number of hydrogen-bond donors (Lipinski definition) is 2. The molecule has 12 heteroatoms. The highest BCUT2D eigenvalue weighted by Gasteiger charge is 2.25. The van der Waals surface area contributed by atoms with Gasteiger partial charge in [-0.3, -0.25) is 9.36 Å². The number of nitrogens with one attached hydrogen (secondary N) is 2. The van der Waals surface area contributed by atoms with Gasteiger partial charge < -0.3 is 19.8 Å². The molecule has 4 aromatic rings. The lowest BCUT2D eigenvalue weighted by Crippen LogP contribution is -2.22. The van der Waals surface area contributed by atoms with Crippen molar-refractivity contribution in [3.8, 4) is 11.4 Å². The van der Waals surface area contributed by atoms with Crippen molar-refractivity contribution in [1.82, 2.24) is 28.9 Å². The van der Waals surface area contributed by atoms with E-state index >= 15 is 0 Å². The predicted octanol–water partition coefficient (Wildman–Crippen LogP) is 2.72. The van der Waals surface area contributed by atoms with E-state index in [9.17, 15) is 13.6 Å². The van der Waals surface area contributed by atoms with Gasteiger partial charge in [0.25, 0.3) is 5.56 Å². The number of aromatic nitrogens is 6. The molecule has 4 aromatic heterocycles. The molecule has 2 atom stereocenters. The van der Waals surface area contributed by atoms with Crippen LogP contribution in [0.5, 0.6) is 5.75 Å². The molecule has 170 valence electrons. The van der Waals surface area contributed by atoms with Crippen molar-refractivity contribution in [3.05, 3.63) is 65.9 Å². The number of fused-ring (bicyclic) bond motifs is 1. The third kappa shape index (κ3) is 4.59. The van der Waals surface area contributed by atoms with E-state index in [0.29, 0.717) is 23.1 Å². The summed E-state index contributed by atoms with van der Waals surface area (Å²) in [6.45, 7) is -2.90. The number of hydrogen-bond acceptors (Lipinski definition) is 8. The monoisotopic (exact) mass is 454 g/mol. The molecule has 1 aliphatic carbocycles. The van der Waals surface area contributed by atoms with Crippen molar-refractivity contribution < 1.29 is 13.5 Å². The van der Waals surface area contributed by atoms with Gasteiger partial charge in [0.15, 0.2) is 5.75 Å². The van der Waals surface area contributed by atoms with E-state index in [-0.39, 0.29) is 23.4 Å². The Kier molecular flexibility index (Phi) is 5.55. The topological polar surface area (TPSA) is 111 Å². The van der Waals surface area contributed by atoms with Crippen LogP contribution in [0.2, 0.25) is 0 Å². The average molecular weight is 454 g/mol. The molecular weight excluding hydrogens is 434 g/mol. The molecule has 1 saturated carbocycles. The van der Waals surface area contributed by atoms with Gasteiger partial charge in [0.05, 0.1) is 24.3 Å². The van der Waals surface area contributed by atoms with E-state index in [1.165, 1.54) is 17.0 Å². The lowest BCUT2D eigenvalue weighted by Gasteiger charge is -2.15. The summed E-state index contributed by atoms with van der Waals surface area (Å²) < 4.78 is 31.9.